The van der Waals surface area contributed by atoms with Crippen LogP contribution >= 0.6 is 0 Å². The van der Waals surface area contributed by atoms with E-state index in [0.717, 1.165) is 0 Å². The van der Waals surface area contributed by atoms with Gasteiger partial charge in [-0.15, -0.1) is 0 Å². The molecule has 14 heavy (non-hydrogen) atoms. The summed E-state index contributed by atoms with van der Waals surface area (Å²) in [7, 11) is 0. The van der Waals surface area contributed by atoms with Crippen molar-refractivity contribution in [3.63, 3.8) is 0 Å². The van der Waals surface area contributed by atoms with E-state index in [1.54, 1.807) is 0 Å². The number of halogens is 3. The number of carboxylic acid groups (broad SMARTS) is 1. The van der Waals surface area contributed by atoms with E-state index < -0.39 is 30.8 Å². The number of carboxylic acids is 1. The molecule has 2 amide bonds. The number of hydrogen-bond donors (Lipinski definition) is 1. The van der Waals surface area contributed by atoms with Crippen molar-refractivity contribution in [2.24, 2.45) is 0 Å². The fraction of sp³-hybridized carbons (Fsp3) is 0.667. The number of rotatable bonds is 2. The summed E-state index contributed by atoms with van der Waals surface area (Å²) in [6.07, 6.45) is -4.62. The van der Waals surface area contributed by atoms with Crippen molar-refractivity contribution >= 4 is 12.0 Å². The molecule has 0 radical (unpaired) electrons. The summed E-state index contributed by atoms with van der Waals surface area (Å²) >= 11 is 0. The molecule has 80 valence electrons. The Kier molecular flexibility index (Phi) is 2.54. The molecule has 1 N–H and O–H groups in total. The molecular weight excluding hydrogens is 205 g/mol. The number of aliphatic carboxylic acids is 1. The Morgan fingerprint density at radius 3 is 2.64 bits per heavy atom. The van der Waals surface area contributed by atoms with Crippen LogP contribution in [0.1, 0.15) is 0 Å². The second-order valence-corrected chi connectivity index (χ2v) is 2.76. The van der Waals surface area contributed by atoms with Crippen LogP contribution in [-0.2, 0) is 4.79 Å². The van der Waals surface area contributed by atoms with Crippen molar-refractivity contribution in [3.05, 3.63) is 0 Å². The predicted molar refractivity (Wildman–Crippen MR) is 35.0 cm³/mol. The molecule has 0 aromatic carbocycles. The minimum absolute atomic E-state index is 0.190. The van der Waals surface area contributed by atoms with Crippen LogP contribution in [0.15, 0.2) is 0 Å². The van der Waals surface area contributed by atoms with Gasteiger partial charge in [0.2, 0.25) is 0 Å². The number of alkyl halides is 3. The molecule has 0 aliphatic carbocycles. The van der Waals surface area contributed by atoms with Gasteiger partial charge in [-0.05, 0) is 0 Å². The summed E-state index contributed by atoms with van der Waals surface area (Å²) in [5.74, 6) is -1.70. The number of carbonyl (C=O) groups is 2. The van der Waals surface area contributed by atoms with Crippen molar-refractivity contribution < 1.29 is 27.9 Å². The van der Waals surface area contributed by atoms with E-state index in [-0.39, 0.29) is 11.4 Å². The Bertz CT molecular complexity index is 266. The zero-order valence-corrected chi connectivity index (χ0v) is 6.80. The van der Waals surface area contributed by atoms with E-state index in [2.05, 4.69) is 0 Å². The number of carbonyl (C=O) groups excluding carboxylic acids is 2. The van der Waals surface area contributed by atoms with Crippen molar-refractivity contribution in [2.75, 3.05) is 13.1 Å². The molecule has 1 rings (SSSR count). The quantitative estimate of drug-likeness (QED) is 0.616. The van der Waals surface area contributed by atoms with E-state index in [9.17, 15) is 27.9 Å². The number of nitrogens with one attached hydrogen (secondary N) is 1. The summed E-state index contributed by atoms with van der Waals surface area (Å²) in [6, 6.07) is -2.60. The molecule has 0 aromatic heterocycles. The van der Waals surface area contributed by atoms with Crippen LogP contribution in [0.5, 0.6) is 0 Å². The topological polar surface area (TPSA) is 72.5 Å². The van der Waals surface area contributed by atoms with Crippen LogP contribution in [0.25, 0.3) is 0 Å². The first-order valence-corrected chi connectivity index (χ1v) is 3.63. The summed E-state index contributed by atoms with van der Waals surface area (Å²) in [5.41, 5.74) is 0. The van der Waals surface area contributed by atoms with Crippen LogP contribution in [0.4, 0.5) is 18.0 Å². The van der Waals surface area contributed by atoms with Crippen LogP contribution in [0.3, 0.4) is 0 Å². The van der Waals surface area contributed by atoms with Gasteiger partial charge < -0.3 is 20.1 Å². The minimum Gasteiger partial charge on any atom is -0.548 e. The van der Waals surface area contributed by atoms with Crippen molar-refractivity contribution in [3.8, 4) is 0 Å². The van der Waals surface area contributed by atoms with Gasteiger partial charge in [0, 0.05) is 6.54 Å². The maximum Gasteiger partial charge on any atom is 0.406 e. The second kappa shape index (κ2) is 3.35. The second-order valence-electron chi connectivity index (χ2n) is 2.76. The van der Waals surface area contributed by atoms with Gasteiger partial charge in [-0.25, -0.2) is 4.79 Å². The van der Waals surface area contributed by atoms with Gasteiger partial charge in [0.05, 0.1) is 12.0 Å². The lowest BCUT2D eigenvalue weighted by Gasteiger charge is -2.24. The van der Waals surface area contributed by atoms with E-state index in [1.807, 2.05) is 5.32 Å². The Hall–Kier alpha value is -1.47. The maximum absolute atomic E-state index is 11.9. The number of urea groups is 1. The highest BCUT2D eigenvalue weighted by molar-refractivity contribution is 5.85. The van der Waals surface area contributed by atoms with Gasteiger partial charge >= 0.3 is 12.2 Å². The minimum atomic E-state index is -4.62. The first kappa shape index (κ1) is 10.6. The molecule has 1 aliphatic heterocycles. The Balaban J connectivity index is 2.72. The number of hydrogen-bond acceptors (Lipinski definition) is 3. The van der Waals surface area contributed by atoms with Crippen molar-refractivity contribution in [1.82, 2.24) is 10.2 Å². The summed E-state index contributed by atoms with van der Waals surface area (Å²) in [4.78, 5) is 21.3. The number of nitrogens with zero attached hydrogens (tertiary/aromatic N) is 1. The smallest absolute Gasteiger partial charge is 0.406 e. The van der Waals surface area contributed by atoms with Crippen LogP contribution in [0, 0.1) is 0 Å². The molecule has 1 saturated heterocycles. The van der Waals surface area contributed by atoms with Gasteiger partial charge in [-0.3, -0.25) is 0 Å². The first-order valence-electron chi connectivity index (χ1n) is 3.63. The lowest BCUT2D eigenvalue weighted by atomic mass is 10.3. The van der Waals surface area contributed by atoms with E-state index in [4.69, 9.17) is 0 Å². The molecule has 1 heterocycles. The van der Waals surface area contributed by atoms with E-state index >= 15 is 0 Å². The van der Waals surface area contributed by atoms with E-state index in [1.165, 1.54) is 0 Å². The molecule has 1 fully saturated rings. The van der Waals surface area contributed by atoms with Crippen molar-refractivity contribution in [1.29, 1.82) is 0 Å². The number of amides is 2. The highest BCUT2D eigenvalue weighted by Gasteiger charge is 2.40. The molecule has 0 aromatic rings. The normalized spacial score (nSPS) is 22.4. The molecule has 1 aliphatic rings. The average molecular weight is 211 g/mol. The first-order chi connectivity index (χ1) is 6.31. The third kappa shape index (κ3) is 2.27. The SMILES string of the molecule is O=C([O-])C1CNC(=O)N1CC(F)(F)F. The largest absolute Gasteiger partial charge is 0.548 e. The molecule has 5 nitrogen and oxygen atoms in total. The van der Waals surface area contributed by atoms with Crippen LogP contribution < -0.4 is 10.4 Å². The fourth-order valence-electron chi connectivity index (χ4n) is 1.12. The summed E-state index contributed by atoms with van der Waals surface area (Å²) in [6.45, 7) is -1.95. The zero-order valence-electron chi connectivity index (χ0n) is 6.80. The molecule has 1 atom stereocenters. The van der Waals surface area contributed by atoms with Gasteiger partial charge in [-0.1, -0.05) is 0 Å². The molecule has 1 unspecified atom stereocenters. The molecule has 0 spiro atoms. The highest BCUT2D eigenvalue weighted by Crippen LogP contribution is 2.19. The van der Waals surface area contributed by atoms with Crippen LogP contribution in [-0.4, -0.2) is 42.2 Å². The summed E-state index contributed by atoms with van der Waals surface area (Å²) < 4.78 is 35.6. The Labute approximate surface area is 76.5 Å². The Morgan fingerprint density at radius 1 is 1.64 bits per heavy atom. The molecular formula is C6H6F3N2O3-. The summed E-state index contributed by atoms with van der Waals surface area (Å²) in [5, 5.41) is 12.3. The van der Waals surface area contributed by atoms with E-state index in [0.29, 0.717) is 0 Å². The van der Waals surface area contributed by atoms with Crippen LogP contribution in [0.2, 0.25) is 0 Å². The molecule has 0 bridgehead atoms. The predicted octanol–water partition coefficient (Wildman–Crippen LogP) is -1.31. The fourth-order valence-corrected chi connectivity index (χ4v) is 1.12. The highest BCUT2D eigenvalue weighted by atomic mass is 19.4. The average Bonchev–Trinajstić information content (AvgIpc) is 2.29. The van der Waals surface area contributed by atoms with Gasteiger partial charge in [-0.2, -0.15) is 13.2 Å². The van der Waals surface area contributed by atoms with Crippen molar-refractivity contribution in [2.45, 2.75) is 12.2 Å². The monoisotopic (exact) mass is 211 g/mol. The Morgan fingerprint density at radius 2 is 2.21 bits per heavy atom. The maximum atomic E-state index is 11.9. The van der Waals surface area contributed by atoms with Gasteiger partial charge in [0.25, 0.3) is 0 Å². The zero-order chi connectivity index (χ0) is 10.9. The third-order valence-electron chi connectivity index (χ3n) is 1.71. The lowest BCUT2D eigenvalue weighted by Crippen LogP contribution is -2.49. The van der Waals surface area contributed by atoms with Gasteiger partial charge in [0.1, 0.15) is 6.54 Å². The molecule has 0 saturated carbocycles. The van der Waals surface area contributed by atoms with Gasteiger partial charge in [0.15, 0.2) is 0 Å². The standard InChI is InChI=1S/C6H7F3N2O3/c7-6(8,9)2-11-3(4(12)13)1-10-5(11)14/h3H,1-2H2,(H,10,14)(H,12,13)/p-1. The third-order valence-corrected chi connectivity index (χ3v) is 1.71. The molecule has 8 heteroatoms. The lowest BCUT2D eigenvalue weighted by molar-refractivity contribution is -0.310.